The third-order valence-electron chi connectivity index (χ3n) is 6.26. The zero-order chi connectivity index (χ0) is 21.9. The molecule has 1 aromatic heterocycles. The molecule has 0 atom stereocenters. The van der Waals surface area contributed by atoms with Crippen LogP contribution >= 0.6 is 11.6 Å². The molecule has 0 saturated heterocycles. The Hall–Kier alpha value is -2.33. The second kappa shape index (κ2) is 7.09. The molecule has 11 heteroatoms. The van der Waals surface area contributed by atoms with E-state index >= 15 is 0 Å². The molecule has 0 radical (unpaired) electrons. The molecule has 1 N–H and O–H groups in total. The van der Waals surface area contributed by atoms with Crippen LogP contribution in [-0.2, 0) is 14.9 Å². The zero-order valence-corrected chi connectivity index (χ0v) is 17.0. The lowest BCUT2D eigenvalue weighted by Crippen LogP contribution is -2.77. The van der Waals surface area contributed by atoms with Gasteiger partial charge in [-0.15, -0.1) is 23.4 Å². The van der Waals surface area contributed by atoms with E-state index in [9.17, 15) is 18.0 Å². The third kappa shape index (κ3) is 3.98. The van der Waals surface area contributed by atoms with Crippen LogP contribution in [-0.4, -0.2) is 40.7 Å². The molecule has 2 aromatic rings. The number of carbonyl (C=O) groups is 1. The van der Waals surface area contributed by atoms with E-state index < -0.39 is 12.5 Å². The van der Waals surface area contributed by atoms with Gasteiger partial charge in [0, 0.05) is 16.5 Å². The number of halogens is 4. The molecular formula is C20H19ClF3N3O4. The molecule has 0 unspecified atom stereocenters. The summed E-state index contributed by atoms with van der Waals surface area (Å²) in [5.41, 5.74) is -0.529. The Kier molecular flexibility index (Phi) is 4.71. The average Bonchev–Trinajstić information content (AvgIpc) is 3.07. The van der Waals surface area contributed by atoms with Gasteiger partial charge in [-0.05, 0) is 56.4 Å². The SMILES string of the molecule is O=C(COc1ccc(Cl)cc1)NC12CC(c3nnc(C4CC(OC(F)(F)F)C4)o3)(C1)C2. The molecule has 4 aliphatic carbocycles. The Morgan fingerprint density at radius 3 is 2.52 bits per heavy atom. The standard InChI is InChI=1S/C20H19ClF3N3O4/c21-12-1-3-13(4-2-12)29-7-15(28)25-19-8-18(9-19,10-19)17-27-26-16(30-17)11-5-14(6-11)31-20(22,23)24/h1-4,11,14H,5-10H2,(H,25,28). The second-order valence-electron chi connectivity index (χ2n) is 8.68. The molecule has 0 aliphatic heterocycles. The second-order valence-corrected chi connectivity index (χ2v) is 9.12. The molecule has 166 valence electrons. The molecule has 7 nitrogen and oxygen atoms in total. The van der Waals surface area contributed by atoms with Crippen LogP contribution in [0.1, 0.15) is 49.8 Å². The first-order valence-electron chi connectivity index (χ1n) is 9.92. The van der Waals surface area contributed by atoms with Gasteiger partial charge < -0.3 is 14.5 Å². The van der Waals surface area contributed by atoms with Crippen molar-refractivity contribution in [2.24, 2.45) is 0 Å². The Balaban J connectivity index is 1.08. The molecule has 1 aromatic carbocycles. The van der Waals surface area contributed by atoms with E-state index in [2.05, 4.69) is 20.3 Å². The van der Waals surface area contributed by atoms with Crippen LogP contribution in [0, 0.1) is 0 Å². The van der Waals surface area contributed by atoms with E-state index in [-0.39, 0.29) is 42.2 Å². The highest BCUT2D eigenvalue weighted by Gasteiger charge is 2.72. The van der Waals surface area contributed by atoms with Crippen molar-refractivity contribution in [1.29, 1.82) is 0 Å². The summed E-state index contributed by atoms with van der Waals surface area (Å²) < 4.78 is 51.9. The first-order chi connectivity index (χ1) is 14.6. The van der Waals surface area contributed by atoms with Crippen LogP contribution in [0.4, 0.5) is 13.2 Å². The number of benzene rings is 1. The molecule has 6 rings (SSSR count). The minimum absolute atomic E-state index is 0.0933. The summed E-state index contributed by atoms with van der Waals surface area (Å²) in [5.74, 6) is 0.998. The number of hydrogen-bond acceptors (Lipinski definition) is 6. The number of nitrogens with one attached hydrogen (secondary N) is 1. The van der Waals surface area contributed by atoms with Crippen molar-refractivity contribution in [3.8, 4) is 5.75 Å². The highest BCUT2D eigenvalue weighted by Crippen LogP contribution is 2.67. The van der Waals surface area contributed by atoms with Crippen molar-refractivity contribution < 1.29 is 31.9 Å². The summed E-state index contributed by atoms with van der Waals surface area (Å²) in [6.07, 6.45) is -2.98. The minimum atomic E-state index is -4.62. The summed E-state index contributed by atoms with van der Waals surface area (Å²) in [7, 11) is 0. The van der Waals surface area contributed by atoms with Gasteiger partial charge >= 0.3 is 6.36 Å². The molecule has 0 spiro atoms. The van der Waals surface area contributed by atoms with Gasteiger partial charge in [-0.3, -0.25) is 9.53 Å². The van der Waals surface area contributed by atoms with E-state index in [0.717, 1.165) is 0 Å². The molecule has 4 aliphatic rings. The largest absolute Gasteiger partial charge is 0.522 e. The van der Waals surface area contributed by atoms with Gasteiger partial charge in [0.1, 0.15) is 5.75 Å². The van der Waals surface area contributed by atoms with E-state index in [4.69, 9.17) is 20.8 Å². The summed E-state index contributed by atoms with van der Waals surface area (Å²) in [5, 5.41) is 11.7. The van der Waals surface area contributed by atoms with Gasteiger partial charge in [-0.1, -0.05) is 11.6 Å². The van der Waals surface area contributed by atoms with Crippen LogP contribution in [0.2, 0.25) is 5.02 Å². The van der Waals surface area contributed by atoms with Crippen molar-refractivity contribution >= 4 is 17.5 Å². The van der Waals surface area contributed by atoms with Gasteiger partial charge in [0.05, 0.1) is 11.5 Å². The van der Waals surface area contributed by atoms with E-state index in [0.29, 0.717) is 41.8 Å². The molecule has 31 heavy (non-hydrogen) atoms. The number of amides is 1. The molecule has 4 saturated carbocycles. The zero-order valence-electron chi connectivity index (χ0n) is 16.2. The number of nitrogens with zero attached hydrogens (tertiary/aromatic N) is 2. The summed E-state index contributed by atoms with van der Waals surface area (Å²) in [6, 6.07) is 6.76. The van der Waals surface area contributed by atoms with Crippen molar-refractivity contribution in [3.05, 3.63) is 41.1 Å². The quantitative estimate of drug-likeness (QED) is 0.679. The number of aromatic nitrogens is 2. The first kappa shape index (κ1) is 20.6. The lowest BCUT2D eigenvalue weighted by Gasteiger charge is -2.68. The average molecular weight is 458 g/mol. The summed E-state index contributed by atoms with van der Waals surface area (Å²) in [6.45, 7) is -0.0933. The summed E-state index contributed by atoms with van der Waals surface area (Å²) >= 11 is 5.82. The van der Waals surface area contributed by atoms with Gasteiger partial charge in [0.25, 0.3) is 5.91 Å². The van der Waals surface area contributed by atoms with Crippen molar-refractivity contribution in [2.45, 2.75) is 61.4 Å². The highest BCUT2D eigenvalue weighted by molar-refractivity contribution is 6.30. The van der Waals surface area contributed by atoms with Gasteiger partial charge in [-0.2, -0.15) is 0 Å². The number of rotatable bonds is 7. The maximum Gasteiger partial charge on any atom is 0.522 e. The minimum Gasteiger partial charge on any atom is -0.484 e. The van der Waals surface area contributed by atoms with Gasteiger partial charge in [-0.25, -0.2) is 0 Å². The Morgan fingerprint density at radius 2 is 1.87 bits per heavy atom. The van der Waals surface area contributed by atoms with Gasteiger partial charge in [0.2, 0.25) is 11.8 Å². The maximum atomic E-state index is 12.2. The molecule has 1 heterocycles. The van der Waals surface area contributed by atoms with Gasteiger partial charge in [0.15, 0.2) is 6.61 Å². The lowest BCUT2D eigenvalue weighted by atomic mass is 9.39. The van der Waals surface area contributed by atoms with E-state index in [1.165, 1.54) is 0 Å². The molecular weight excluding hydrogens is 439 g/mol. The van der Waals surface area contributed by atoms with Crippen molar-refractivity contribution in [3.63, 3.8) is 0 Å². The monoisotopic (exact) mass is 457 g/mol. The van der Waals surface area contributed by atoms with Crippen LogP contribution in [0.15, 0.2) is 28.7 Å². The van der Waals surface area contributed by atoms with E-state index in [1.807, 2.05) is 0 Å². The number of alkyl halides is 3. The Bertz CT molecular complexity index is 969. The van der Waals surface area contributed by atoms with Crippen molar-refractivity contribution in [2.75, 3.05) is 6.61 Å². The predicted molar refractivity (Wildman–Crippen MR) is 101 cm³/mol. The highest BCUT2D eigenvalue weighted by atomic mass is 35.5. The summed E-state index contributed by atoms with van der Waals surface area (Å²) in [4.78, 5) is 12.2. The fourth-order valence-electron chi connectivity index (χ4n) is 4.83. The smallest absolute Gasteiger partial charge is 0.484 e. The lowest BCUT2D eigenvalue weighted by molar-refractivity contribution is -0.352. The number of hydrogen-bond donors (Lipinski definition) is 1. The third-order valence-corrected chi connectivity index (χ3v) is 6.51. The van der Waals surface area contributed by atoms with Crippen LogP contribution in [0.25, 0.3) is 0 Å². The number of carbonyl (C=O) groups excluding carboxylic acids is 1. The predicted octanol–water partition coefficient (Wildman–Crippen LogP) is 3.87. The Morgan fingerprint density at radius 1 is 1.19 bits per heavy atom. The normalized spacial score (nSPS) is 31.2. The Labute approximate surface area is 180 Å². The van der Waals surface area contributed by atoms with E-state index in [1.54, 1.807) is 24.3 Å². The van der Waals surface area contributed by atoms with Crippen LogP contribution in [0.3, 0.4) is 0 Å². The fraction of sp³-hybridized carbons (Fsp3) is 0.550. The number of ether oxygens (including phenoxy) is 2. The topological polar surface area (TPSA) is 86.5 Å². The fourth-order valence-corrected chi connectivity index (χ4v) is 4.95. The molecule has 4 fully saturated rings. The molecule has 1 amide bonds. The van der Waals surface area contributed by atoms with Crippen molar-refractivity contribution in [1.82, 2.24) is 15.5 Å². The molecule has 2 bridgehead atoms. The van der Waals surface area contributed by atoms with Crippen LogP contribution in [0.5, 0.6) is 5.75 Å². The maximum absolute atomic E-state index is 12.2. The van der Waals surface area contributed by atoms with Crippen LogP contribution < -0.4 is 10.1 Å². The first-order valence-corrected chi connectivity index (χ1v) is 10.3.